The fraction of sp³-hybridized carbons (Fsp3) is 0.444. The predicted molar refractivity (Wildman–Crippen MR) is 48.9 cm³/mol. The average Bonchev–Trinajstić information content (AvgIpc) is 2.60. The molecule has 6 heteroatoms. The molecule has 1 aliphatic heterocycles. The van der Waals surface area contributed by atoms with Crippen molar-refractivity contribution in [2.75, 3.05) is 0 Å². The molecule has 1 aromatic rings. The van der Waals surface area contributed by atoms with Gasteiger partial charge in [0.1, 0.15) is 0 Å². The standard InChI is InChI=1S/C9H10F2N2O2/c1-5-2-7(14)9-6(3-12-15-9)13(5)4-8(10)11/h2,8,12H,3-4H2,1H3. The van der Waals surface area contributed by atoms with E-state index >= 15 is 0 Å². The van der Waals surface area contributed by atoms with Crippen molar-refractivity contribution < 1.29 is 13.6 Å². The molecule has 0 unspecified atom stereocenters. The van der Waals surface area contributed by atoms with E-state index in [1.807, 2.05) is 0 Å². The number of aromatic nitrogens is 1. The number of hydroxylamine groups is 1. The van der Waals surface area contributed by atoms with E-state index in [9.17, 15) is 13.6 Å². The Labute approximate surface area is 84.4 Å². The summed E-state index contributed by atoms with van der Waals surface area (Å²) in [5, 5.41) is 0. The Morgan fingerprint density at radius 3 is 3.07 bits per heavy atom. The van der Waals surface area contributed by atoms with Crippen LogP contribution in [-0.4, -0.2) is 11.0 Å². The second-order valence-corrected chi connectivity index (χ2v) is 3.35. The van der Waals surface area contributed by atoms with E-state index in [-0.39, 0.29) is 17.7 Å². The smallest absolute Gasteiger partial charge is 0.256 e. The van der Waals surface area contributed by atoms with E-state index in [4.69, 9.17) is 4.84 Å². The number of aryl methyl sites for hydroxylation is 1. The second kappa shape index (κ2) is 3.62. The van der Waals surface area contributed by atoms with Crippen LogP contribution in [0.1, 0.15) is 11.4 Å². The molecule has 0 atom stereocenters. The van der Waals surface area contributed by atoms with Crippen LogP contribution < -0.4 is 15.7 Å². The van der Waals surface area contributed by atoms with Gasteiger partial charge in [0.05, 0.1) is 18.8 Å². The molecule has 0 bridgehead atoms. The van der Waals surface area contributed by atoms with Crippen molar-refractivity contribution in [3.05, 3.63) is 27.7 Å². The van der Waals surface area contributed by atoms with Crippen LogP contribution in [0.5, 0.6) is 5.75 Å². The largest absolute Gasteiger partial charge is 0.402 e. The minimum Gasteiger partial charge on any atom is -0.402 e. The Balaban J connectivity index is 2.54. The molecule has 0 aliphatic carbocycles. The first-order valence-corrected chi connectivity index (χ1v) is 4.50. The molecule has 4 nitrogen and oxygen atoms in total. The SMILES string of the molecule is Cc1cc(=O)c2c(n1CC(F)F)CNO2. The molecule has 2 rings (SSSR count). The van der Waals surface area contributed by atoms with Crippen molar-refractivity contribution in [1.29, 1.82) is 0 Å². The molecular formula is C9H10F2N2O2. The lowest BCUT2D eigenvalue weighted by molar-refractivity contribution is 0.124. The normalized spacial score (nSPS) is 14.1. The zero-order valence-electron chi connectivity index (χ0n) is 8.09. The minimum absolute atomic E-state index is 0.126. The Morgan fingerprint density at radius 2 is 2.40 bits per heavy atom. The summed E-state index contributed by atoms with van der Waals surface area (Å²) >= 11 is 0. The highest BCUT2D eigenvalue weighted by Gasteiger charge is 2.22. The van der Waals surface area contributed by atoms with Crippen molar-refractivity contribution in [1.82, 2.24) is 10.0 Å². The number of hydrogen-bond acceptors (Lipinski definition) is 3. The molecule has 0 spiro atoms. The van der Waals surface area contributed by atoms with E-state index < -0.39 is 13.0 Å². The third-order valence-corrected chi connectivity index (χ3v) is 2.31. The minimum atomic E-state index is -2.45. The first-order valence-electron chi connectivity index (χ1n) is 4.50. The maximum absolute atomic E-state index is 12.3. The van der Waals surface area contributed by atoms with Crippen molar-refractivity contribution in [3.8, 4) is 5.75 Å². The number of fused-ring (bicyclic) bond motifs is 1. The maximum Gasteiger partial charge on any atom is 0.256 e. The van der Waals surface area contributed by atoms with Crippen molar-refractivity contribution in [2.45, 2.75) is 26.4 Å². The number of pyridine rings is 1. The van der Waals surface area contributed by atoms with Crippen molar-refractivity contribution in [3.63, 3.8) is 0 Å². The molecule has 1 N–H and O–H groups in total. The van der Waals surface area contributed by atoms with E-state index in [1.54, 1.807) is 6.92 Å². The lowest BCUT2D eigenvalue weighted by Crippen LogP contribution is -2.18. The van der Waals surface area contributed by atoms with Crippen LogP contribution in [0, 0.1) is 6.92 Å². The van der Waals surface area contributed by atoms with Gasteiger partial charge in [-0.25, -0.2) is 8.78 Å². The summed E-state index contributed by atoms with van der Waals surface area (Å²) in [7, 11) is 0. The third kappa shape index (κ3) is 1.72. The topological polar surface area (TPSA) is 43.3 Å². The Bertz CT molecular complexity index is 442. The number of nitrogens with zero attached hydrogens (tertiary/aromatic N) is 1. The quantitative estimate of drug-likeness (QED) is 0.795. The molecule has 0 aromatic carbocycles. The van der Waals surface area contributed by atoms with Crippen LogP contribution in [0.25, 0.3) is 0 Å². The Hall–Kier alpha value is -1.43. The Morgan fingerprint density at radius 1 is 1.67 bits per heavy atom. The van der Waals surface area contributed by atoms with Gasteiger partial charge in [0, 0.05) is 11.8 Å². The van der Waals surface area contributed by atoms with Gasteiger partial charge in [-0.2, -0.15) is 5.48 Å². The summed E-state index contributed by atoms with van der Waals surface area (Å²) in [6.45, 7) is 1.49. The maximum atomic E-state index is 12.3. The average molecular weight is 216 g/mol. The number of nitrogens with one attached hydrogen (secondary N) is 1. The highest BCUT2D eigenvalue weighted by molar-refractivity contribution is 5.32. The number of halogens is 2. The summed E-state index contributed by atoms with van der Waals surface area (Å²) in [6, 6.07) is 1.30. The molecular weight excluding hydrogens is 206 g/mol. The van der Waals surface area contributed by atoms with Gasteiger partial charge < -0.3 is 9.40 Å². The Kier molecular flexibility index (Phi) is 2.44. The molecule has 0 amide bonds. The first-order chi connectivity index (χ1) is 7.09. The second-order valence-electron chi connectivity index (χ2n) is 3.35. The van der Waals surface area contributed by atoms with Gasteiger partial charge in [-0.15, -0.1) is 0 Å². The van der Waals surface area contributed by atoms with E-state index in [0.717, 1.165) is 0 Å². The number of rotatable bonds is 2. The van der Waals surface area contributed by atoms with Crippen molar-refractivity contribution in [2.24, 2.45) is 0 Å². The van der Waals surface area contributed by atoms with Crippen LogP contribution in [0.4, 0.5) is 8.78 Å². The zero-order chi connectivity index (χ0) is 11.0. The van der Waals surface area contributed by atoms with E-state index in [2.05, 4.69) is 5.48 Å². The molecule has 0 saturated heterocycles. The monoisotopic (exact) mass is 216 g/mol. The lowest BCUT2D eigenvalue weighted by Gasteiger charge is -2.13. The molecule has 15 heavy (non-hydrogen) atoms. The molecule has 0 radical (unpaired) electrons. The highest BCUT2D eigenvalue weighted by Crippen LogP contribution is 2.20. The summed E-state index contributed by atoms with van der Waals surface area (Å²) in [5.41, 5.74) is 3.23. The molecule has 0 fully saturated rings. The summed E-state index contributed by atoms with van der Waals surface area (Å²) in [4.78, 5) is 16.3. The van der Waals surface area contributed by atoms with Gasteiger partial charge in [0.25, 0.3) is 6.43 Å². The van der Waals surface area contributed by atoms with E-state index in [1.165, 1.54) is 10.6 Å². The summed E-state index contributed by atoms with van der Waals surface area (Å²) in [6.07, 6.45) is -2.45. The molecule has 0 saturated carbocycles. The van der Waals surface area contributed by atoms with Crippen LogP contribution in [0.15, 0.2) is 10.9 Å². The van der Waals surface area contributed by atoms with Crippen LogP contribution in [0.2, 0.25) is 0 Å². The number of hydrogen-bond donors (Lipinski definition) is 1. The zero-order valence-corrected chi connectivity index (χ0v) is 8.09. The lowest BCUT2D eigenvalue weighted by atomic mass is 10.2. The van der Waals surface area contributed by atoms with E-state index in [0.29, 0.717) is 11.4 Å². The molecule has 1 aliphatic rings. The van der Waals surface area contributed by atoms with Gasteiger partial charge in [-0.1, -0.05) is 0 Å². The fourth-order valence-electron chi connectivity index (χ4n) is 1.66. The third-order valence-electron chi connectivity index (χ3n) is 2.31. The van der Waals surface area contributed by atoms with Crippen LogP contribution in [0.3, 0.4) is 0 Å². The molecule has 2 heterocycles. The predicted octanol–water partition coefficient (Wildman–Crippen LogP) is 0.819. The van der Waals surface area contributed by atoms with Gasteiger partial charge >= 0.3 is 0 Å². The highest BCUT2D eigenvalue weighted by atomic mass is 19.3. The summed E-state index contributed by atoms with van der Waals surface area (Å²) < 4.78 is 26.0. The van der Waals surface area contributed by atoms with Gasteiger partial charge in [0.15, 0.2) is 0 Å². The number of alkyl halides is 2. The van der Waals surface area contributed by atoms with Crippen LogP contribution >= 0.6 is 0 Å². The fourth-order valence-corrected chi connectivity index (χ4v) is 1.66. The van der Waals surface area contributed by atoms with Gasteiger partial charge in [-0.05, 0) is 6.92 Å². The summed E-state index contributed by atoms with van der Waals surface area (Å²) in [5.74, 6) is 0.126. The van der Waals surface area contributed by atoms with Gasteiger partial charge in [0.2, 0.25) is 11.2 Å². The van der Waals surface area contributed by atoms with Crippen molar-refractivity contribution >= 4 is 0 Å². The molecule has 1 aromatic heterocycles. The van der Waals surface area contributed by atoms with Crippen LogP contribution in [-0.2, 0) is 13.1 Å². The van der Waals surface area contributed by atoms with Gasteiger partial charge in [-0.3, -0.25) is 4.79 Å². The molecule has 82 valence electrons. The first kappa shape index (κ1) is 10.1.